The van der Waals surface area contributed by atoms with Crippen LogP contribution in [0.1, 0.15) is 29.5 Å². The van der Waals surface area contributed by atoms with Crippen molar-refractivity contribution in [1.82, 2.24) is 15.1 Å². The van der Waals surface area contributed by atoms with Gasteiger partial charge in [0, 0.05) is 25.7 Å². The van der Waals surface area contributed by atoms with Gasteiger partial charge in [-0.25, -0.2) is 0 Å². The van der Waals surface area contributed by atoms with Crippen LogP contribution >= 0.6 is 0 Å². The molecule has 1 aromatic carbocycles. The summed E-state index contributed by atoms with van der Waals surface area (Å²) in [6.07, 6.45) is 5.10. The molecule has 0 aliphatic heterocycles. The molecule has 0 aliphatic rings. The Kier molecular flexibility index (Phi) is 4.74. The van der Waals surface area contributed by atoms with Crippen LogP contribution in [0, 0.1) is 6.92 Å². The third kappa shape index (κ3) is 3.93. The Hall–Kier alpha value is -1.61. The normalized spacial score (nSPS) is 12.6. The number of hydrogen-bond donors (Lipinski definition) is 1. The molecule has 3 heteroatoms. The highest BCUT2D eigenvalue weighted by Gasteiger charge is 2.12. The first-order chi connectivity index (χ1) is 9.19. The molecule has 102 valence electrons. The molecule has 0 aliphatic carbocycles. The molecule has 2 aromatic rings. The van der Waals surface area contributed by atoms with Crippen molar-refractivity contribution in [2.24, 2.45) is 7.05 Å². The number of aromatic nitrogens is 2. The molecular weight excluding hydrogens is 234 g/mol. The molecule has 0 amide bonds. The predicted molar refractivity (Wildman–Crippen MR) is 79.4 cm³/mol. The van der Waals surface area contributed by atoms with Gasteiger partial charge in [-0.05, 0) is 31.0 Å². The van der Waals surface area contributed by atoms with E-state index in [0.717, 1.165) is 19.5 Å². The molecule has 2 rings (SSSR count). The lowest BCUT2D eigenvalue weighted by Crippen LogP contribution is -2.22. The van der Waals surface area contributed by atoms with Crippen LogP contribution in [0.15, 0.2) is 36.7 Å². The second-order valence-electron chi connectivity index (χ2n) is 5.14. The fourth-order valence-corrected chi connectivity index (χ4v) is 2.33. The molecule has 3 nitrogen and oxygen atoms in total. The van der Waals surface area contributed by atoms with Crippen LogP contribution in [-0.4, -0.2) is 22.9 Å². The second-order valence-corrected chi connectivity index (χ2v) is 5.14. The van der Waals surface area contributed by atoms with Crippen molar-refractivity contribution in [2.75, 3.05) is 13.1 Å². The number of hydrogen-bond acceptors (Lipinski definition) is 2. The van der Waals surface area contributed by atoms with E-state index in [-0.39, 0.29) is 0 Å². The van der Waals surface area contributed by atoms with Gasteiger partial charge in [-0.15, -0.1) is 0 Å². The zero-order valence-electron chi connectivity index (χ0n) is 12.1. The van der Waals surface area contributed by atoms with E-state index in [1.807, 2.05) is 17.9 Å². The smallest absolute Gasteiger partial charge is 0.0521 e. The predicted octanol–water partition coefficient (Wildman–Crippen LogP) is 2.66. The highest BCUT2D eigenvalue weighted by Crippen LogP contribution is 2.20. The standard InChI is InChI=1S/C16H23N3/c1-4-17-11-16(9-14-10-18-19(3)12-14)15-7-5-13(2)6-8-15/h5-8,10,12,16-17H,4,9,11H2,1-3H3. The quantitative estimate of drug-likeness (QED) is 0.862. The minimum Gasteiger partial charge on any atom is -0.316 e. The minimum absolute atomic E-state index is 0.504. The van der Waals surface area contributed by atoms with Gasteiger partial charge < -0.3 is 5.32 Å². The lowest BCUT2D eigenvalue weighted by molar-refractivity contribution is 0.594. The molecule has 0 fully saturated rings. The van der Waals surface area contributed by atoms with E-state index >= 15 is 0 Å². The van der Waals surface area contributed by atoms with Gasteiger partial charge in [0.2, 0.25) is 0 Å². The fraction of sp³-hybridized carbons (Fsp3) is 0.438. The summed E-state index contributed by atoms with van der Waals surface area (Å²) in [4.78, 5) is 0. The Bertz CT molecular complexity index is 499. The molecule has 0 saturated heterocycles. The third-order valence-electron chi connectivity index (χ3n) is 3.43. The molecule has 0 radical (unpaired) electrons. The van der Waals surface area contributed by atoms with Crippen molar-refractivity contribution >= 4 is 0 Å². The average molecular weight is 257 g/mol. The molecule has 19 heavy (non-hydrogen) atoms. The van der Waals surface area contributed by atoms with E-state index in [0.29, 0.717) is 5.92 Å². The molecule has 0 spiro atoms. The van der Waals surface area contributed by atoms with Crippen LogP contribution in [0.2, 0.25) is 0 Å². The third-order valence-corrected chi connectivity index (χ3v) is 3.43. The van der Waals surface area contributed by atoms with E-state index in [4.69, 9.17) is 0 Å². The van der Waals surface area contributed by atoms with Gasteiger partial charge in [-0.1, -0.05) is 36.8 Å². The highest BCUT2D eigenvalue weighted by atomic mass is 15.2. The molecule has 1 atom stereocenters. The van der Waals surface area contributed by atoms with Crippen molar-refractivity contribution in [3.05, 3.63) is 53.3 Å². The minimum atomic E-state index is 0.504. The van der Waals surface area contributed by atoms with E-state index in [9.17, 15) is 0 Å². The highest BCUT2D eigenvalue weighted by molar-refractivity contribution is 5.26. The summed E-state index contributed by atoms with van der Waals surface area (Å²) in [5.74, 6) is 0.504. The van der Waals surface area contributed by atoms with Crippen molar-refractivity contribution < 1.29 is 0 Å². The Morgan fingerprint density at radius 1 is 1.26 bits per heavy atom. The average Bonchev–Trinajstić information content (AvgIpc) is 2.81. The number of benzene rings is 1. The van der Waals surface area contributed by atoms with Crippen LogP contribution < -0.4 is 5.32 Å². The Morgan fingerprint density at radius 3 is 2.58 bits per heavy atom. The van der Waals surface area contributed by atoms with Gasteiger partial charge in [0.05, 0.1) is 6.20 Å². The first kappa shape index (κ1) is 13.8. The maximum Gasteiger partial charge on any atom is 0.0521 e. The lowest BCUT2D eigenvalue weighted by Gasteiger charge is -2.17. The number of nitrogens with zero attached hydrogens (tertiary/aromatic N) is 2. The van der Waals surface area contributed by atoms with E-state index < -0.39 is 0 Å². The molecule has 1 heterocycles. The summed E-state index contributed by atoms with van der Waals surface area (Å²) in [5, 5.41) is 7.72. The number of likely N-dealkylation sites (N-methyl/N-ethyl adjacent to an activating group) is 1. The van der Waals surface area contributed by atoms with E-state index in [1.165, 1.54) is 16.7 Å². The van der Waals surface area contributed by atoms with Gasteiger partial charge in [0.15, 0.2) is 0 Å². The maximum absolute atomic E-state index is 4.25. The number of nitrogens with one attached hydrogen (secondary N) is 1. The number of rotatable bonds is 6. The van der Waals surface area contributed by atoms with Crippen LogP contribution in [-0.2, 0) is 13.5 Å². The van der Waals surface area contributed by atoms with Crippen LogP contribution in [0.25, 0.3) is 0 Å². The summed E-state index contributed by atoms with van der Waals surface area (Å²) >= 11 is 0. The van der Waals surface area contributed by atoms with Crippen molar-refractivity contribution in [2.45, 2.75) is 26.2 Å². The summed E-state index contributed by atoms with van der Waals surface area (Å²) in [5.41, 5.74) is 4.01. The fourth-order valence-electron chi connectivity index (χ4n) is 2.33. The van der Waals surface area contributed by atoms with Gasteiger partial charge in [0.25, 0.3) is 0 Å². The number of aryl methyl sites for hydroxylation is 2. The second kappa shape index (κ2) is 6.53. The molecule has 1 aromatic heterocycles. The van der Waals surface area contributed by atoms with E-state index in [2.05, 4.69) is 54.7 Å². The molecule has 0 bridgehead atoms. The lowest BCUT2D eigenvalue weighted by atomic mass is 9.92. The van der Waals surface area contributed by atoms with Gasteiger partial charge >= 0.3 is 0 Å². The zero-order valence-corrected chi connectivity index (χ0v) is 12.1. The Morgan fingerprint density at radius 2 is 2.00 bits per heavy atom. The van der Waals surface area contributed by atoms with Crippen LogP contribution in [0.3, 0.4) is 0 Å². The van der Waals surface area contributed by atoms with Crippen LogP contribution in [0.5, 0.6) is 0 Å². The summed E-state index contributed by atoms with van der Waals surface area (Å²) in [6.45, 7) is 6.30. The Labute approximate surface area is 115 Å². The zero-order chi connectivity index (χ0) is 13.7. The van der Waals surface area contributed by atoms with Crippen molar-refractivity contribution in [3.63, 3.8) is 0 Å². The van der Waals surface area contributed by atoms with Gasteiger partial charge in [0.1, 0.15) is 0 Å². The van der Waals surface area contributed by atoms with Crippen molar-refractivity contribution in [3.8, 4) is 0 Å². The first-order valence-corrected chi connectivity index (χ1v) is 6.94. The largest absolute Gasteiger partial charge is 0.316 e. The molecule has 0 saturated carbocycles. The van der Waals surface area contributed by atoms with Crippen LogP contribution in [0.4, 0.5) is 0 Å². The SMILES string of the molecule is CCNCC(Cc1cnn(C)c1)c1ccc(C)cc1. The first-order valence-electron chi connectivity index (χ1n) is 6.94. The van der Waals surface area contributed by atoms with E-state index in [1.54, 1.807) is 0 Å². The molecule has 1 N–H and O–H groups in total. The maximum atomic E-state index is 4.25. The Balaban J connectivity index is 2.13. The summed E-state index contributed by atoms with van der Waals surface area (Å²) in [7, 11) is 1.97. The monoisotopic (exact) mass is 257 g/mol. The molecule has 1 unspecified atom stereocenters. The van der Waals surface area contributed by atoms with Gasteiger partial charge in [-0.3, -0.25) is 4.68 Å². The summed E-state index contributed by atoms with van der Waals surface area (Å²) < 4.78 is 1.87. The van der Waals surface area contributed by atoms with Crippen molar-refractivity contribution in [1.29, 1.82) is 0 Å². The van der Waals surface area contributed by atoms with Gasteiger partial charge in [-0.2, -0.15) is 5.10 Å². The molecular formula is C16H23N3. The topological polar surface area (TPSA) is 29.9 Å². The summed E-state index contributed by atoms with van der Waals surface area (Å²) in [6, 6.07) is 8.87.